The van der Waals surface area contributed by atoms with Crippen LogP contribution in [0.4, 0.5) is 10.5 Å². The molecule has 3 aliphatic rings. The summed E-state index contributed by atoms with van der Waals surface area (Å²) in [7, 11) is 0. The Labute approximate surface area is 113 Å². The maximum absolute atomic E-state index is 12.4. The number of hydrogen-bond acceptors (Lipinski definition) is 5. The Bertz CT molecular complexity index is 665. The van der Waals surface area contributed by atoms with E-state index in [0.717, 1.165) is 4.90 Å². The van der Waals surface area contributed by atoms with E-state index in [1.165, 1.54) is 0 Å². The number of rotatable bonds is 1. The summed E-state index contributed by atoms with van der Waals surface area (Å²) in [5.74, 6) is 0.0790. The van der Waals surface area contributed by atoms with E-state index in [0.29, 0.717) is 30.0 Å². The highest BCUT2D eigenvalue weighted by molar-refractivity contribution is 6.31. The third kappa shape index (κ3) is 1.31. The van der Waals surface area contributed by atoms with Gasteiger partial charge >= 0.3 is 6.03 Å². The standard InChI is InChI=1S/C13H10N2O5/c16-10-13(3-4-13)11(17)15(12(18)14-10)7-1-2-8-9(5-7)20-6-19-8/h1-2,5H,3-4,6H2,(H,14,16,18). The first kappa shape index (κ1) is 11.3. The molecular formula is C13H10N2O5. The summed E-state index contributed by atoms with van der Waals surface area (Å²) in [6, 6.07) is 4.06. The fourth-order valence-corrected chi connectivity index (χ4v) is 2.50. The number of imide groups is 2. The minimum atomic E-state index is -1.05. The Morgan fingerprint density at radius 2 is 1.85 bits per heavy atom. The highest BCUT2D eigenvalue weighted by atomic mass is 16.7. The summed E-state index contributed by atoms with van der Waals surface area (Å²) in [6.45, 7) is 0.112. The normalized spacial score (nSPS) is 22.2. The predicted molar refractivity (Wildman–Crippen MR) is 65.3 cm³/mol. The van der Waals surface area contributed by atoms with Crippen molar-refractivity contribution in [1.82, 2.24) is 5.32 Å². The average Bonchev–Trinajstić information content (AvgIpc) is 3.10. The number of benzene rings is 1. The third-order valence-corrected chi connectivity index (χ3v) is 3.84. The number of carbonyl (C=O) groups is 3. The van der Waals surface area contributed by atoms with Crippen molar-refractivity contribution in [1.29, 1.82) is 0 Å². The van der Waals surface area contributed by atoms with Crippen LogP contribution in [-0.2, 0) is 9.59 Å². The zero-order chi connectivity index (χ0) is 13.9. The first-order valence-electron chi connectivity index (χ1n) is 6.21. The van der Waals surface area contributed by atoms with Gasteiger partial charge in [-0.15, -0.1) is 0 Å². The van der Waals surface area contributed by atoms with Gasteiger partial charge in [0.05, 0.1) is 5.69 Å². The minimum absolute atomic E-state index is 0.112. The fraction of sp³-hybridized carbons (Fsp3) is 0.308. The van der Waals surface area contributed by atoms with Crippen LogP contribution in [0.2, 0.25) is 0 Å². The molecule has 0 bridgehead atoms. The molecular weight excluding hydrogens is 264 g/mol. The molecule has 20 heavy (non-hydrogen) atoms. The topological polar surface area (TPSA) is 84.9 Å². The molecule has 0 atom stereocenters. The molecule has 102 valence electrons. The molecule has 2 heterocycles. The van der Waals surface area contributed by atoms with E-state index in [1.54, 1.807) is 18.2 Å². The van der Waals surface area contributed by atoms with Crippen molar-refractivity contribution in [2.24, 2.45) is 5.41 Å². The van der Waals surface area contributed by atoms with Crippen LogP contribution in [0.25, 0.3) is 0 Å². The zero-order valence-electron chi connectivity index (χ0n) is 10.3. The largest absolute Gasteiger partial charge is 0.454 e. The Morgan fingerprint density at radius 1 is 1.10 bits per heavy atom. The lowest BCUT2D eigenvalue weighted by molar-refractivity contribution is -0.136. The van der Waals surface area contributed by atoms with E-state index in [1.807, 2.05) is 0 Å². The van der Waals surface area contributed by atoms with Crippen LogP contribution in [-0.4, -0.2) is 24.6 Å². The Balaban J connectivity index is 1.75. The van der Waals surface area contributed by atoms with Crippen LogP contribution in [0.1, 0.15) is 12.8 Å². The second kappa shape index (κ2) is 3.50. The summed E-state index contributed by atoms with van der Waals surface area (Å²) < 4.78 is 10.4. The first-order chi connectivity index (χ1) is 9.62. The number of hydrogen-bond donors (Lipinski definition) is 1. The summed E-state index contributed by atoms with van der Waals surface area (Å²) in [6.07, 6.45) is 0.956. The molecule has 1 aromatic carbocycles. The maximum Gasteiger partial charge on any atom is 0.335 e. The zero-order valence-corrected chi connectivity index (χ0v) is 10.3. The van der Waals surface area contributed by atoms with E-state index in [9.17, 15) is 14.4 Å². The second-order valence-corrected chi connectivity index (χ2v) is 5.02. The van der Waals surface area contributed by atoms with Crippen molar-refractivity contribution in [3.05, 3.63) is 18.2 Å². The molecule has 7 nitrogen and oxygen atoms in total. The maximum atomic E-state index is 12.4. The molecule has 1 aromatic rings. The van der Waals surface area contributed by atoms with Crippen LogP contribution in [0.15, 0.2) is 18.2 Å². The fourth-order valence-electron chi connectivity index (χ4n) is 2.50. The van der Waals surface area contributed by atoms with Crippen molar-refractivity contribution >= 4 is 23.5 Å². The molecule has 1 aliphatic carbocycles. The number of anilines is 1. The first-order valence-corrected chi connectivity index (χ1v) is 6.21. The van der Waals surface area contributed by atoms with Gasteiger partial charge in [0.25, 0.3) is 5.91 Å². The minimum Gasteiger partial charge on any atom is -0.454 e. The molecule has 0 radical (unpaired) electrons. The average molecular weight is 274 g/mol. The Morgan fingerprint density at radius 3 is 2.60 bits per heavy atom. The molecule has 4 rings (SSSR count). The Kier molecular flexibility index (Phi) is 1.97. The van der Waals surface area contributed by atoms with Gasteiger partial charge in [-0.25, -0.2) is 9.69 Å². The van der Waals surface area contributed by atoms with E-state index in [4.69, 9.17) is 9.47 Å². The van der Waals surface area contributed by atoms with Gasteiger partial charge in [0.15, 0.2) is 11.5 Å². The number of nitrogens with zero attached hydrogens (tertiary/aromatic N) is 1. The van der Waals surface area contributed by atoms with Gasteiger partial charge in [0.1, 0.15) is 5.41 Å². The van der Waals surface area contributed by atoms with Crippen molar-refractivity contribution in [2.45, 2.75) is 12.8 Å². The van der Waals surface area contributed by atoms with Gasteiger partial charge < -0.3 is 9.47 Å². The van der Waals surface area contributed by atoms with Crippen LogP contribution in [0, 0.1) is 5.41 Å². The highest BCUT2D eigenvalue weighted by Gasteiger charge is 2.62. The highest BCUT2D eigenvalue weighted by Crippen LogP contribution is 2.50. The van der Waals surface area contributed by atoms with E-state index >= 15 is 0 Å². The molecule has 7 heteroatoms. The van der Waals surface area contributed by atoms with Crippen molar-refractivity contribution in [3.8, 4) is 11.5 Å². The summed E-state index contributed by atoms with van der Waals surface area (Å²) in [5.41, 5.74) is -0.680. The summed E-state index contributed by atoms with van der Waals surface area (Å²) in [4.78, 5) is 37.1. The van der Waals surface area contributed by atoms with Crippen LogP contribution < -0.4 is 19.7 Å². The van der Waals surface area contributed by atoms with Gasteiger partial charge in [0.2, 0.25) is 12.7 Å². The molecule has 1 saturated heterocycles. The van der Waals surface area contributed by atoms with Gasteiger partial charge in [-0.2, -0.15) is 0 Å². The number of ether oxygens (including phenoxy) is 2. The van der Waals surface area contributed by atoms with E-state index in [-0.39, 0.29) is 6.79 Å². The van der Waals surface area contributed by atoms with Crippen LogP contribution >= 0.6 is 0 Å². The lowest BCUT2D eigenvalue weighted by atomic mass is 10.0. The number of nitrogens with one attached hydrogen (secondary N) is 1. The molecule has 0 unspecified atom stereocenters. The van der Waals surface area contributed by atoms with Gasteiger partial charge in [0, 0.05) is 6.07 Å². The molecule has 0 aromatic heterocycles. The molecule has 2 aliphatic heterocycles. The number of amides is 4. The lowest BCUT2D eigenvalue weighted by Crippen LogP contribution is -2.59. The molecule has 1 spiro atoms. The van der Waals surface area contributed by atoms with Crippen molar-refractivity contribution in [3.63, 3.8) is 0 Å². The van der Waals surface area contributed by atoms with Gasteiger partial charge in [-0.3, -0.25) is 14.9 Å². The van der Waals surface area contributed by atoms with E-state index in [2.05, 4.69) is 5.32 Å². The SMILES string of the molecule is O=C1NC(=O)C2(CC2)C(=O)N1c1ccc2c(c1)OCO2. The van der Waals surface area contributed by atoms with E-state index < -0.39 is 23.3 Å². The van der Waals surface area contributed by atoms with Gasteiger partial charge in [-0.05, 0) is 25.0 Å². The summed E-state index contributed by atoms with van der Waals surface area (Å²) in [5, 5.41) is 2.23. The monoisotopic (exact) mass is 274 g/mol. The van der Waals surface area contributed by atoms with Crippen molar-refractivity contribution in [2.75, 3.05) is 11.7 Å². The molecule has 1 N–H and O–H groups in total. The smallest absolute Gasteiger partial charge is 0.335 e. The molecule has 4 amide bonds. The number of barbiturate groups is 1. The Hall–Kier alpha value is -2.57. The molecule has 1 saturated carbocycles. The quantitative estimate of drug-likeness (QED) is 0.765. The molecule has 2 fully saturated rings. The third-order valence-electron chi connectivity index (χ3n) is 3.84. The number of carbonyl (C=O) groups excluding carboxylic acids is 3. The van der Waals surface area contributed by atoms with Crippen molar-refractivity contribution < 1.29 is 23.9 Å². The summed E-state index contributed by atoms with van der Waals surface area (Å²) >= 11 is 0. The predicted octanol–water partition coefficient (Wildman–Crippen LogP) is 0.778. The van der Waals surface area contributed by atoms with Gasteiger partial charge in [-0.1, -0.05) is 0 Å². The lowest BCUT2D eigenvalue weighted by Gasteiger charge is -2.30. The number of urea groups is 1. The van der Waals surface area contributed by atoms with Crippen LogP contribution in [0.5, 0.6) is 11.5 Å². The number of fused-ring (bicyclic) bond motifs is 1. The second-order valence-electron chi connectivity index (χ2n) is 5.02. The van der Waals surface area contributed by atoms with Crippen LogP contribution in [0.3, 0.4) is 0 Å².